The Balaban J connectivity index is 1.43. The molecule has 1 aliphatic heterocycles. The van der Waals surface area contributed by atoms with E-state index in [9.17, 15) is 9.59 Å². The summed E-state index contributed by atoms with van der Waals surface area (Å²) in [6.07, 6.45) is 5.96. The summed E-state index contributed by atoms with van der Waals surface area (Å²) in [5, 5.41) is 7.02. The van der Waals surface area contributed by atoms with Gasteiger partial charge in [0.2, 0.25) is 5.91 Å². The molecule has 0 aromatic carbocycles. The normalized spacial score (nSPS) is 14.9. The third-order valence-electron chi connectivity index (χ3n) is 5.71. The summed E-state index contributed by atoms with van der Waals surface area (Å²) in [5.74, 6) is 1.32. The average molecular weight is 465 g/mol. The van der Waals surface area contributed by atoms with Gasteiger partial charge in [-0.1, -0.05) is 13.8 Å². The van der Waals surface area contributed by atoms with Gasteiger partial charge < -0.3 is 9.47 Å². The van der Waals surface area contributed by atoms with Crippen LogP contribution in [0.1, 0.15) is 26.0 Å². The number of carbonyl (C=O) groups is 2. The average Bonchev–Trinajstić information content (AvgIpc) is 3.39. The molecule has 1 saturated heterocycles. The molecule has 3 aromatic heterocycles. The first-order valence-electron chi connectivity index (χ1n) is 11.0. The third-order valence-corrected chi connectivity index (χ3v) is 5.71. The van der Waals surface area contributed by atoms with E-state index >= 15 is 0 Å². The SMILES string of the molecule is COCCn1cc(-c2cc(Oc3ccc(NC(=O)N4CCC(C)(C)C4=O)nc3C)ccn2)cn1. The molecule has 178 valence electrons. The zero-order valence-corrected chi connectivity index (χ0v) is 19.7. The minimum absolute atomic E-state index is 0.181. The van der Waals surface area contributed by atoms with Gasteiger partial charge in [0.05, 0.1) is 30.7 Å². The van der Waals surface area contributed by atoms with Gasteiger partial charge in [-0.15, -0.1) is 0 Å². The maximum Gasteiger partial charge on any atom is 0.329 e. The molecule has 1 aliphatic rings. The molecule has 4 rings (SSSR count). The Kier molecular flexibility index (Phi) is 6.60. The lowest BCUT2D eigenvalue weighted by molar-refractivity contribution is -0.131. The van der Waals surface area contributed by atoms with Crippen molar-refractivity contribution in [1.29, 1.82) is 0 Å². The maximum absolute atomic E-state index is 12.5. The van der Waals surface area contributed by atoms with Crippen molar-refractivity contribution in [3.05, 3.63) is 48.5 Å². The number of hydrogen-bond acceptors (Lipinski definition) is 7. The lowest BCUT2D eigenvalue weighted by Crippen LogP contribution is -2.39. The van der Waals surface area contributed by atoms with Gasteiger partial charge in [-0.3, -0.25) is 24.7 Å². The number of anilines is 1. The van der Waals surface area contributed by atoms with Crippen LogP contribution >= 0.6 is 0 Å². The van der Waals surface area contributed by atoms with Gasteiger partial charge in [0.25, 0.3) is 0 Å². The number of aromatic nitrogens is 4. The number of nitrogens with one attached hydrogen (secondary N) is 1. The summed E-state index contributed by atoms with van der Waals surface area (Å²) in [6, 6.07) is 6.49. The van der Waals surface area contributed by atoms with Crippen molar-refractivity contribution in [2.45, 2.75) is 33.7 Å². The highest BCUT2D eigenvalue weighted by Gasteiger charge is 2.41. The van der Waals surface area contributed by atoms with Crippen molar-refractivity contribution >= 4 is 17.8 Å². The first-order chi connectivity index (χ1) is 16.3. The largest absolute Gasteiger partial charge is 0.455 e. The Labute approximate surface area is 197 Å². The summed E-state index contributed by atoms with van der Waals surface area (Å²) in [4.78, 5) is 35.0. The number of nitrogens with zero attached hydrogens (tertiary/aromatic N) is 5. The number of urea groups is 1. The van der Waals surface area contributed by atoms with Crippen LogP contribution in [-0.4, -0.2) is 56.8 Å². The van der Waals surface area contributed by atoms with Crippen molar-refractivity contribution in [2.75, 3.05) is 25.6 Å². The summed E-state index contributed by atoms with van der Waals surface area (Å²) in [7, 11) is 1.65. The second kappa shape index (κ2) is 9.60. The van der Waals surface area contributed by atoms with Crippen LogP contribution in [0.5, 0.6) is 11.5 Å². The van der Waals surface area contributed by atoms with Crippen molar-refractivity contribution in [3.63, 3.8) is 0 Å². The van der Waals surface area contributed by atoms with Gasteiger partial charge in [0.15, 0.2) is 0 Å². The predicted octanol–water partition coefficient (Wildman–Crippen LogP) is 3.88. The van der Waals surface area contributed by atoms with Crippen LogP contribution in [0.2, 0.25) is 0 Å². The molecule has 34 heavy (non-hydrogen) atoms. The van der Waals surface area contributed by atoms with E-state index in [1.54, 1.807) is 49.3 Å². The highest BCUT2D eigenvalue weighted by Crippen LogP contribution is 2.31. The number of carbonyl (C=O) groups excluding carboxylic acids is 2. The number of ether oxygens (including phenoxy) is 2. The molecule has 0 spiro atoms. The lowest BCUT2D eigenvalue weighted by atomic mass is 9.92. The number of rotatable bonds is 7. The fourth-order valence-corrected chi connectivity index (χ4v) is 3.62. The van der Waals surface area contributed by atoms with E-state index in [1.807, 2.05) is 26.1 Å². The van der Waals surface area contributed by atoms with E-state index in [0.29, 0.717) is 49.1 Å². The smallest absolute Gasteiger partial charge is 0.329 e. The number of likely N-dealkylation sites (tertiary alicyclic amines) is 1. The van der Waals surface area contributed by atoms with E-state index in [-0.39, 0.29) is 5.91 Å². The van der Waals surface area contributed by atoms with Gasteiger partial charge >= 0.3 is 6.03 Å². The van der Waals surface area contributed by atoms with Crippen LogP contribution in [0, 0.1) is 12.3 Å². The van der Waals surface area contributed by atoms with Crippen molar-refractivity contribution in [2.24, 2.45) is 5.41 Å². The summed E-state index contributed by atoms with van der Waals surface area (Å²) in [5.41, 5.74) is 1.67. The van der Waals surface area contributed by atoms with E-state index < -0.39 is 11.4 Å². The molecule has 0 aliphatic carbocycles. The Bertz CT molecular complexity index is 1210. The molecule has 0 unspecified atom stereocenters. The summed E-state index contributed by atoms with van der Waals surface area (Å²) < 4.78 is 12.9. The Morgan fingerprint density at radius 1 is 1.26 bits per heavy atom. The van der Waals surface area contributed by atoms with Crippen LogP contribution in [0.15, 0.2) is 42.9 Å². The molecule has 0 bridgehead atoms. The van der Waals surface area contributed by atoms with E-state index in [4.69, 9.17) is 9.47 Å². The molecular weight excluding hydrogens is 436 g/mol. The standard InChI is InChI=1S/C24H28N6O4/c1-16-20(5-6-21(27-16)28-23(32)30-10-8-24(2,3)22(30)31)34-18-7-9-25-19(13-18)17-14-26-29(15-17)11-12-33-4/h5-7,9,13-15H,8,10-12H2,1-4H3,(H,27,28,32). The van der Waals surface area contributed by atoms with E-state index in [1.165, 1.54) is 4.90 Å². The lowest BCUT2D eigenvalue weighted by Gasteiger charge is -2.18. The maximum atomic E-state index is 12.5. The van der Waals surface area contributed by atoms with Crippen molar-refractivity contribution in [3.8, 4) is 22.8 Å². The number of aryl methyl sites for hydroxylation is 1. The number of pyridine rings is 2. The zero-order valence-electron chi connectivity index (χ0n) is 19.7. The topological polar surface area (TPSA) is 111 Å². The van der Waals surface area contributed by atoms with Crippen LogP contribution in [0.3, 0.4) is 0 Å². The van der Waals surface area contributed by atoms with Gasteiger partial charge in [0.1, 0.15) is 17.3 Å². The van der Waals surface area contributed by atoms with Gasteiger partial charge in [-0.2, -0.15) is 5.10 Å². The highest BCUT2D eigenvalue weighted by molar-refractivity contribution is 6.03. The molecule has 10 nitrogen and oxygen atoms in total. The second-order valence-electron chi connectivity index (χ2n) is 8.76. The quantitative estimate of drug-likeness (QED) is 0.565. The second-order valence-corrected chi connectivity index (χ2v) is 8.76. The molecule has 4 heterocycles. The van der Waals surface area contributed by atoms with Crippen LogP contribution in [0.25, 0.3) is 11.3 Å². The monoisotopic (exact) mass is 464 g/mol. The summed E-state index contributed by atoms with van der Waals surface area (Å²) >= 11 is 0. The Morgan fingerprint density at radius 2 is 2.09 bits per heavy atom. The fourth-order valence-electron chi connectivity index (χ4n) is 3.62. The molecule has 0 saturated carbocycles. The van der Waals surface area contributed by atoms with Gasteiger partial charge in [0, 0.05) is 43.1 Å². The van der Waals surface area contributed by atoms with Crippen molar-refractivity contribution in [1.82, 2.24) is 24.6 Å². The summed E-state index contributed by atoms with van der Waals surface area (Å²) in [6.45, 7) is 7.10. The number of methoxy groups -OCH3 is 1. The molecule has 0 atom stereocenters. The number of amides is 3. The molecule has 1 N–H and O–H groups in total. The Hall–Kier alpha value is -3.79. The first kappa shape index (κ1) is 23.4. The third kappa shape index (κ3) is 5.07. The first-order valence-corrected chi connectivity index (χ1v) is 11.0. The minimum atomic E-state index is -0.523. The molecule has 1 fully saturated rings. The zero-order chi connectivity index (χ0) is 24.3. The van der Waals surface area contributed by atoms with Crippen LogP contribution in [0.4, 0.5) is 10.6 Å². The molecule has 3 amide bonds. The number of hydrogen-bond donors (Lipinski definition) is 1. The van der Waals surface area contributed by atoms with Crippen LogP contribution in [-0.2, 0) is 16.1 Å². The molecule has 0 radical (unpaired) electrons. The molecule has 3 aromatic rings. The Morgan fingerprint density at radius 3 is 2.79 bits per heavy atom. The van der Waals surface area contributed by atoms with Gasteiger partial charge in [-0.25, -0.2) is 9.78 Å². The van der Waals surface area contributed by atoms with Crippen LogP contribution < -0.4 is 10.1 Å². The van der Waals surface area contributed by atoms with E-state index in [2.05, 4.69) is 20.4 Å². The predicted molar refractivity (Wildman–Crippen MR) is 126 cm³/mol. The number of imide groups is 1. The molecule has 10 heteroatoms. The highest BCUT2D eigenvalue weighted by atomic mass is 16.5. The minimum Gasteiger partial charge on any atom is -0.455 e. The van der Waals surface area contributed by atoms with E-state index in [0.717, 1.165) is 11.3 Å². The molecular formula is C24H28N6O4. The van der Waals surface area contributed by atoms with Crippen molar-refractivity contribution < 1.29 is 19.1 Å². The van der Waals surface area contributed by atoms with Gasteiger partial charge in [-0.05, 0) is 31.5 Å². The fraction of sp³-hybridized carbons (Fsp3) is 0.375.